The van der Waals surface area contributed by atoms with Crippen LogP contribution < -0.4 is 5.73 Å². The fourth-order valence-corrected chi connectivity index (χ4v) is 3.81. The highest BCUT2D eigenvalue weighted by Crippen LogP contribution is 2.34. The Labute approximate surface area is 170 Å². The second kappa shape index (κ2) is 9.41. The lowest BCUT2D eigenvalue weighted by Gasteiger charge is -2.31. The second-order valence-electron chi connectivity index (χ2n) is 8.05. The number of hydrogen-bond acceptors (Lipinski definition) is 5. The van der Waals surface area contributed by atoms with Crippen LogP contribution in [0.5, 0.6) is 0 Å². The van der Waals surface area contributed by atoms with Gasteiger partial charge in [-0.1, -0.05) is 5.16 Å². The lowest BCUT2D eigenvalue weighted by molar-refractivity contribution is 0.00403. The molecular weight excluding hydrogens is 380 g/mol. The van der Waals surface area contributed by atoms with Gasteiger partial charge in [-0.15, -0.1) is 0 Å². The van der Waals surface area contributed by atoms with E-state index in [0.717, 1.165) is 11.8 Å². The third-order valence-electron chi connectivity index (χ3n) is 5.49. The minimum Gasteiger partial charge on any atom is -0.447 e. The van der Waals surface area contributed by atoms with Crippen molar-refractivity contribution in [3.63, 3.8) is 0 Å². The SMILES string of the molecule is CC(C)OC(=O)N1CCC(ON=C2CCC(c3cc(F)c(N)cc3F)CC2)CC1. The average molecular weight is 409 g/mol. The number of anilines is 1. The number of carbonyl (C=O) groups excluding carboxylic acids is 1. The van der Waals surface area contributed by atoms with E-state index in [4.69, 9.17) is 15.3 Å². The summed E-state index contributed by atoms with van der Waals surface area (Å²) in [6, 6.07) is 2.27. The molecule has 2 N–H and O–H groups in total. The van der Waals surface area contributed by atoms with Gasteiger partial charge in [-0.25, -0.2) is 13.6 Å². The zero-order valence-electron chi connectivity index (χ0n) is 17.0. The van der Waals surface area contributed by atoms with E-state index < -0.39 is 11.6 Å². The average Bonchev–Trinajstić information content (AvgIpc) is 2.69. The number of carbonyl (C=O) groups is 1. The number of nitrogens with two attached hydrogens (primary N) is 1. The second-order valence-corrected chi connectivity index (χ2v) is 8.05. The summed E-state index contributed by atoms with van der Waals surface area (Å²) in [5.74, 6) is -1.07. The zero-order valence-corrected chi connectivity index (χ0v) is 17.0. The van der Waals surface area contributed by atoms with Crippen molar-refractivity contribution in [2.45, 2.75) is 70.5 Å². The van der Waals surface area contributed by atoms with Crippen molar-refractivity contribution in [1.29, 1.82) is 0 Å². The fraction of sp³-hybridized carbons (Fsp3) is 0.619. The number of amides is 1. The van der Waals surface area contributed by atoms with Crippen molar-refractivity contribution < 1.29 is 23.1 Å². The molecule has 1 aliphatic carbocycles. The van der Waals surface area contributed by atoms with E-state index in [0.29, 0.717) is 57.2 Å². The predicted octanol–water partition coefficient (Wildman–Crippen LogP) is 4.59. The van der Waals surface area contributed by atoms with Crippen molar-refractivity contribution in [2.75, 3.05) is 18.8 Å². The maximum atomic E-state index is 14.1. The number of hydrogen-bond donors (Lipinski definition) is 1. The van der Waals surface area contributed by atoms with Gasteiger partial charge in [0.1, 0.15) is 17.7 Å². The Balaban J connectivity index is 1.45. The van der Waals surface area contributed by atoms with E-state index >= 15 is 0 Å². The highest BCUT2D eigenvalue weighted by Gasteiger charge is 2.27. The van der Waals surface area contributed by atoms with Crippen molar-refractivity contribution in [3.8, 4) is 0 Å². The molecule has 1 heterocycles. The summed E-state index contributed by atoms with van der Waals surface area (Å²) >= 11 is 0. The minimum atomic E-state index is -0.576. The molecule has 3 rings (SSSR count). The molecule has 1 amide bonds. The summed E-state index contributed by atoms with van der Waals surface area (Å²) in [6.45, 7) is 4.84. The van der Waals surface area contributed by atoms with E-state index in [1.54, 1.807) is 4.90 Å². The lowest BCUT2D eigenvalue weighted by Crippen LogP contribution is -2.41. The van der Waals surface area contributed by atoms with Gasteiger partial charge in [0.2, 0.25) is 0 Å². The molecule has 2 fully saturated rings. The molecule has 0 radical (unpaired) electrons. The summed E-state index contributed by atoms with van der Waals surface area (Å²) < 4.78 is 33.0. The first kappa shape index (κ1) is 21.3. The van der Waals surface area contributed by atoms with Gasteiger partial charge < -0.3 is 20.2 Å². The standard InChI is InChI=1S/C21H29F2N3O3/c1-13(2)28-21(27)26-9-7-16(8-10-26)29-25-15-5-3-14(4-6-15)17-11-19(23)20(24)12-18(17)22/h11-14,16H,3-10,24H2,1-2H3. The first-order valence-corrected chi connectivity index (χ1v) is 10.2. The maximum Gasteiger partial charge on any atom is 0.410 e. The predicted molar refractivity (Wildman–Crippen MR) is 107 cm³/mol. The van der Waals surface area contributed by atoms with Crippen molar-refractivity contribution in [3.05, 3.63) is 29.3 Å². The normalized spacial score (nSPS) is 20.7. The molecule has 2 aliphatic rings. The van der Waals surface area contributed by atoms with Crippen molar-refractivity contribution >= 4 is 17.5 Å². The Kier molecular flexibility index (Phi) is 6.92. The monoisotopic (exact) mass is 409 g/mol. The Hall–Kier alpha value is -2.38. The largest absolute Gasteiger partial charge is 0.447 e. The van der Waals surface area contributed by atoms with Crippen LogP contribution in [0.1, 0.15) is 63.9 Å². The van der Waals surface area contributed by atoms with Crippen molar-refractivity contribution in [1.82, 2.24) is 4.90 Å². The molecule has 0 aromatic heterocycles. The lowest BCUT2D eigenvalue weighted by atomic mass is 9.83. The van der Waals surface area contributed by atoms with Gasteiger partial charge >= 0.3 is 6.09 Å². The molecule has 0 unspecified atom stereocenters. The number of nitrogens with zero attached hydrogens (tertiary/aromatic N) is 2. The van der Waals surface area contributed by atoms with Crippen LogP contribution in [0.25, 0.3) is 0 Å². The van der Waals surface area contributed by atoms with Gasteiger partial charge in [0.15, 0.2) is 0 Å². The number of ether oxygens (including phenoxy) is 1. The fourth-order valence-electron chi connectivity index (χ4n) is 3.81. The van der Waals surface area contributed by atoms with Gasteiger partial charge in [-0.05, 0) is 57.1 Å². The van der Waals surface area contributed by atoms with Crippen LogP contribution in [0.15, 0.2) is 17.3 Å². The quantitative estimate of drug-likeness (QED) is 0.583. The zero-order chi connectivity index (χ0) is 21.0. The van der Waals surface area contributed by atoms with Gasteiger partial charge in [-0.2, -0.15) is 0 Å². The molecule has 0 atom stereocenters. The molecule has 0 spiro atoms. The molecule has 1 aromatic carbocycles. The minimum absolute atomic E-state index is 0.0213. The highest BCUT2D eigenvalue weighted by molar-refractivity contribution is 5.84. The number of piperidine rings is 1. The van der Waals surface area contributed by atoms with Crippen molar-refractivity contribution in [2.24, 2.45) is 5.16 Å². The van der Waals surface area contributed by atoms with Crippen LogP contribution in [0.3, 0.4) is 0 Å². The number of rotatable bonds is 4. The molecular formula is C21H29F2N3O3. The van der Waals surface area contributed by atoms with Gasteiger partial charge in [0.25, 0.3) is 0 Å². The van der Waals surface area contributed by atoms with Crippen LogP contribution >= 0.6 is 0 Å². The number of nitrogen functional groups attached to an aromatic ring is 1. The highest BCUT2D eigenvalue weighted by atomic mass is 19.1. The topological polar surface area (TPSA) is 77.1 Å². The van der Waals surface area contributed by atoms with Crippen LogP contribution in [0.2, 0.25) is 0 Å². The third-order valence-corrected chi connectivity index (χ3v) is 5.49. The summed E-state index contributed by atoms with van der Waals surface area (Å²) in [5, 5.41) is 4.30. The number of benzene rings is 1. The van der Waals surface area contributed by atoms with E-state index in [9.17, 15) is 13.6 Å². The van der Waals surface area contributed by atoms with E-state index in [1.807, 2.05) is 13.8 Å². The first-order chi connectivity index (χ1) is 13.8. The Morgan fingerprint density at radius 1 is 1.14 bits per heavy atom. The molecule has 29 heavy (non-hydrogen) atoms. The summed E-state index contributed by atoms with van der Waals surface area (Å²) in [4.78, 5) is 19.3. The molecule has 1 saturated heterocycles. The third kappa shape index (κ3) is 5.58. The van der Waals surface area contributed by atoms with Crippen LogP contribution in [0.4, 0.5) is 19.3 Å². The van der Waals surface area contributed by atoms with Gasteiger partial charge in [0.05, 0.1) is 17.5 Å². The Bertz CT molecular complexity index is 752. The Morgan fingerprint density at radius 2 is 1.79 bits per heavy atom. The number of halogens is 2. The van der Waals surface area contributed by atoms with Crippen LogP contribution in [-0.2, 0) is 9.57 Å². The summed E-state index contributed by atoms with van der Waals surface area (Å²) in [6.07, 6.45) is 3.76. The van der Waals surface area contributed by atoms with Gasteiger partial charge in [0, 0.05) is 32.0 Å². The number of oxime groups is 1. The molecule has 1 saturated carbocycles. The number of likely N-dealkylation sites (tertiary alicyclic amines) is 1. The van der Waals surface area contributed by atoms with Crippen LogP contribution in [0, 0.1) is 11.6 Å². The molecule has 6 nitrogen and oxygen atoms in total. The van der Waals surface area contributed by atoms with E-state index in [1.165, 1.54) is 6.07 Å². The maximum absolute atomic E-state index is 14.1. The van der Waals surface area contributed by atoms with E-state index in [2.05, 4.69) is 5.16 Å². The summed E-state index contributed by atoms with van der Waals surface area (Å²) in [7, 11) is 0. The Morgan fingerprint density at radius 3 is 2.41 bits per heavy atom. The molecule has 1 aromatic rings. The first-order valence-electron chi connectivity index (χ1n) is 10.2. The smallest absolute Gasteiger partial charge is 0.410 e. The molecule has 0 bridgehead atoms. The van der Waals surface area contributed by atoms with Crippen LogP contribution in [-0.4, -0.2) is 42.0 Å². The molecule has 1 aliphatic heterocycles. The molecule has 160 valence electrons. The van der Waals surface area contributed by atoms with E-state index in [-0.39, 0.29) is 29.9 Å². The van der Waals surface area contributed by atoms with Gasteiger partial charge in [-0.3, -0.25) is 0 Å². The molecule has 8 heteroatoms. The summed E-state index contributed by atoms with van der Waals surface area (Å²) in [5.41, 5.74) is 6.58.